The number of aromatic nitrogens is 2. The van der Waals surface area contributed by atoms with E-state index in [1.165, 1.54) is 0 Å². The van der Waals surface area contributed by atoms with Crippen molar-refractivity contribution in [3.05, 3.63) is 32.7 Å². The zero-order chi connectivity index (χ0) is 14.3. The number of aromatic amines is 2. The summed E-state index contributed by atoms with van der Waals surface area (Å²) in [6.45, 7) is 3.03. The Kier molecular flexibility index (Phi) is 3.70. The Morgan fingerprint density at radius 2 is 2.10 bits per heavy atom. The van der Waals surface area contributed by atoms with Gasteiger partial charge >= 0.3 is 5.69 Å². The summed E-state index contributed by atoms with van der Waals surface area (Å²) in [4.78, 5) is 17.0. The first-order valence-electron chi connectivity index (χ1n) is 6.80. The Morgan fingerprint density at radius 3 is 2.70 bits per heavy atom. The van der Waals surface area contributed by atoms with Crippen LogP contribution in [-0.4, -0.2) is 29.7 Å². The van der Waals surface area contributed by atoms with E-state index in [1.807, 2.05) is 19.2 Å². The molecule has 1 saturated heterocycles. The van der Waals surface area contributed by atoms with Crippen LogP contribution in [-0.2, 0) is 4.74 Å². The smallest absolute Gasteiger partial charge is 0.323 e. The fourth-order valence-electron chi connectivity index (χ4n) is 2.95. The number of hydrogen-bond donors (Lipinski definition) is 3. The standard InChI is InChI=1S/C14H18BrN3O2/c1-7-3-4-20-13(7)12(16-2)8-5-10-11(6-9(8)15)18-14(19)17-10/h5-7,12-13,16H,3-4H2,1-2H3,(H2,17,18,19). The molecule has 0 spiro atoms. The summed E-state index contributed by atoms with van der Waals surface area (Å²) in [5.41, 5.74) is 2.55. The number of imidazole rings is 1. The maximum atomic E-state index is 11.4. The van der Waals surface area contributed by atoms with Crippen molar-refractivity contribution >= 4 is 27.0 Å². The molecule has 6 heteroatoms. The van der Waals surface area contributed by atoms with Crippen LogP contribution in [0.3, 0.4) is 0 Å². The lowest BCUT2D eigenvalue weighted by molar-refractivity contribution is 0.0629. The normalized spacial score (nSPS) is 24.4. The molecule has 0 amide bonds. The van der Waals surface area contributed by atoms with Crippen LogP contribution in [0, 0.1) is 5.92 Å². The third-order valence-electron chi connectivity index (χ3n) is 4.05. The summed E-state index contributed by atoms with van der Waals surface area (Å²) >= 11 is 3.60. The van der Waals surface area contributed by atoms with Crippen molar-refractivity contribution in [2.45, 2.75) is 25.5 Å². The zero-order valence-electron chi connectivity index (χ0n) is 11.5. The molecule has 0 saturated carbocycles. The van der Waals surface area contributed by atoms with E-state index in [2.05, 4.69) is 38.1 Å². The van der Waals surface area contributed by atoms with E-state index in [9.17, 15) is 4.79 Å². The van der Waals surface area contributed by atoms with E-state index in [-0.39, 0.29) is 17.8 Å². The third-order valence-corrected chi connectivity index (χ3v) is 4.74. The molecule has 2 aromatic rings. The first-order chi connectivity index (χ1) is 9.60. The second kappa shape index (κ2) is 5.35. The number of rotatable bonds is 3. The van der Waals surface area contributed by atoms with Crippen molar-refractivity contribution < 1.29 is 4.74 Å². The van der Waals surface area contributed by atoms with Crippen LogP contribution in [0.25, 0.3) is 11.0 Å². The van der Waals surface area contributed by atoms with Gasteiger partial charge in [0.1, 0.15) is 0 Å². The van der Waals surface area contributed by atoms with Crippen LogP contribution in [0.1, 0.15) is 24.9 Å². The zero-order valence-corrected chi connectivity index (χ0v) is 13.1. The van der Waals surface area contributed by atoms with Crippen molar-refractivity contribution in [3.8, 4) is 0 Å². The molecule has 1 fully saturated rings. The Hall–Kier alpha value is -1.11. The fourth-order valence-corrected chi connectivity index (χ4v) is 3.54. The number of fused-ring (bicyclic) bond motifs is 1. The predicted octanol–water partition coefficient (Wildman–Crippen LogP) is 2.30. The first-order valence-corrected chi connectivity index (χ1v) is 7.59. The van der Waals surface area contributed by atoms with Crippen molar-refractivity contribution in [2.75, 3.05) is 13.7 Å². The number of benzene rings is 1. The molecule has 20 heavy (non-hydrogen) atoms. The average molecular weight is 340 g/mol. The summed E-state index contributed by atoms with van der Waals surface area (Å²) in [5, 5.41) is 3.35. The molecular formula is C14H18BrN3O2. The maximum Gasteiger partial charge on any atom is 0.323 e. The number of H-pyrrole nitrogens is 2. The molecule has 0 radical (unpaired) electrons. The molecule has 0 bridgehead atoms. The van der Waals surface area contributed by atoms with Crippen LogP contribution >= 0.6 is 15.9 Å². The summed E-state index contributed by atoms with van der Waals surface area (Å²) in [5.74, 6) is 0.514. The molecule has 3 atom stereocenters. The molecule has 0 aliphatic carbocycles. The number of nitrogens with one attached hydrogen (secondary N) is 3. The topological polar surface area (TPSA) is 69.9 Å². The van der Waals surface area contributed by atoms with Gasteiger partial charge in [0.05, 0.1) is 23.2 Å². The highest BCUT2D eigenvalue weighted by molar-refractivity contribution is 9.10. The largest absolute Gasteiger partial charge is 0.376 e. The first kappa shape index (κ1) is 13.9. The summed E-state index contributed by atoms with van der Waals surface area (Å²) in [6, 6.07) is 4.05. The van der Waals surface area contributed by atoms with Gasteiger partial charge in [-0.05, 0) is 37.1 Å². The van der Waals surface area contributed by atoms with Crippen LogP contribution in [0.15, 0.2) is 21.4 Å². The molecule has 5 nitrogen and oxygen atoms in total. The Bertz CT molecular complexity index is 679. The number of ether oxygens (including phenoxy) is 1. The molecule has 3 rings (SSSR count). The van der Waals surface area contributed by atoms with Crippen LogP contribution < -0.4 is 11.0 Å². The Morgan fingerprint density at radius 1 is 1.40 bits per heavy atom. The van der Waals surface area contributed by atoms with Gasteiger partial charge in [-0.1, -0.05) is 22.9 Å². The number of halogens is 1. The minimum absolute atomic E-state index is 0.102. The average Bonchev–Trinajstić information content (AvgIpc) is 2.96. The van der Waals surface area contributed by atoms with Crippen LogP contribution in [0.4, 0.5) is 0 Å². The van der Waals surface area contributed by atoms with E-state index < -0.39 is 0 Å². The van der Waals surface area contributed by atoms with E-state index >= 15 is 0 Å². The van der Waals surface area contributed by atoms with Gasteiger partial charge in [0.15, 0.2) is 0 Å². The van der Waals surface area contributed by atoms with Gasteiger partial charge in [0.25, 0.3) is 0 Å². The van der Waals surface area contributed by atoms with Gasteiger partial charge < -0.3 is 20.0 Å². The highest BCUT2D eigenvalue weighted by Gasteiger charge is 2.33. The van der Waals surface area contributed by atoms with Crippen molar-refractivity contribution in [1.82, 2.24) is 15.3 Å². The maximum absolute atomic E-state index is 11.4. The lowest BCUT2D eigenvalue weighted by Crippen LogP contribution is -2.32. The predicted molar refractivity (Wildman–Crippen MR) is 81.9 cm³/mol. The minimum Gasteiger partial charge on any atom is -0.376 e. The van der Waals surface area contributed by atoms with Crippen molar-refractivity contribution in [1.29, 1.82) is 0 Å². The number of hydrogen-bond acceptors (Lipinski definition) is 3. The second-order valence-electron chi connectivity index (χ2n) is 5.37. The van der Waals surface area contributed by atoms with Crippen LogP contribution in [0.2, 0.25) is 0 Å². The quantitative estimate of drug-likeness (QED) is 0.803. The third kappa shape index (κ3) is 2.32. The Labute approximate surface area is 125 Å². The fraction of sp³-hybridized carbons (Fsp3) is 0.500. The van der Waals surface area contributed by atoms with Gasteiger partial charge in [-0.3, -0.25) is 0 Å². The van der Waals surface area contributed by atoms with Gasteiger partial charge in [-0.25, -0.2) is 4.79 Å². The summed E-state index contributed by atoms with van der Waals surface area (Å²) in [6.07, 6.45) is 1.24. The molecule has 2 heterocycles. The van der Waals surface area contributed by atoms with Gasteiger partial charge in [-0.15, -0.1) is 0 Å². The lowest BCUT2D eigenvalue weighted by atomic mass is 9.92. The highest BCUT2D eigenvalue weighted by Crippen LogP contribution is 2.35. The molecular weight excluding hydrogens is 322 g/mol. The summed E-state index contributed by atoms with van der Waals surface area (Å²) < 4.78 is 6.86. The van der Waals surface area contributed by atoms with Crippen molar-refractivity contribution in [2.24, 2.45) is 5.92 Å². The molecule has 1 aliphatic rings. The lowest BCUT2D eigenvalue weighted by Gasteiger charge is -2.27. The molecule has 3 N–H and O–H groups in total. The second-order valence-corrected chi connectivity index (χ2v) is 6.22. The van der Waals surface area contributed by atoms with E-state index in [4.69, 9.17) is 4.74 Å². The molecule has 1 aromatic heterocycles. The van der Waals surface area contributed by atoms with E-state index in [1.54, 1.807) is 0 Å². The highest BCUT2D eigenvalue weighted by atomic mass is 79.9. The number of likely N-dealkylation sites (N-methyl/N-ethyl adjacent to an activating group) is 1. The van der Waals surface area contributed by atoms with Gasteiger partial charge in [0, 0.05) is 11.1 Å². The molecule has 3 unspecified atom stereocenters. The molecule has 1 aliphatic heterocycles. The molecule has 108 valence electrons. The SMILES string of the molecule is CNC(c1cc2[nH]c(=O)[nH]c2cc1Br)C1OCCC1C. The van der Waals surface area contributed by atoms with Crippen molar-refractivity contribution in [3.63, 3.8) is 0 Å². The van der Waals surface area contributed by atoms with Gasteiger partial charge in [-0.2, -0.15) is 0 Å². The van der Waals surface area contributed by atoms with Gasteiger partial charge in [0.2, 0.25) is 0 Å². The van der Waals surface area contributed by atoms with E-state index in [0.717, 1.165) is 34.1 Å². The minimum atomic E-state index is -0.185. The van der Waals surface area contributed by atoms with Crippen LogP contribution in [0.5, 0.6) is 0 Å². The Balaban J connectivity index is 2.06. The monoisotopic (exact) mass is 339 g/mol. The molecule has 1 aromatic carbocycles. The van der Waals surface area contributed by atoms with E-state index in [0.29, 0.717) is 5.92 Å². The summed E-state index contributed by atoms with van der Waals surface area (Å²) in [7, 11) is 1.94.